The summed E-state index contributed by atoms with van der Waals surface area (Å²) in [5, 5.41) is 3.74. The summed E-state index contributed by atoms with van der Waals surface area (Å²) in [6.07, 6.45) is 7.61. The molecule has 2 heterocycles. The van der Waals surface area contributed by atoms with Crippen LogP contribution in [0.3, 0.4) is 0 Å². The maximum Gasteiger partial charge on any atom is 0.152 e. The zero-order valence-corrected chi connectivity index (χ0v) is 14.3. The van der Waals surface area contributed by atoms with E-state index in [0.29, 0.717) is 23.6 Å². The fourth-order valence-electron chi connectivity index (χ4n) is 4.71. The van der Waals surface area contributed by atoms with Gasteiger partial charge in [0.1, 0.15) is 0 Å². The molecule has 0 bridgehead atoms. The third-order valence-corrected chi connectivity index (χ3v) is 7.88. The summed E-state index contributed by atoms with van der Waals surface area (Å²) in [6.45, 7) is 6.42. The monoisotopic (exact) mass is 314 g/mol. The summed E-state index contributed by atoms with van der Waals surface area (Å²) in [4.78, 5) is 2.51. The Morgan fingerprint density at radius 3 is 2.52 bits per heavy atom. The number of hydrogen-bond acceptors (Lipinski definition) is 4. The summed E-state index contributed by atoms with van der Waals surface area (Å²) >= 11 is 0. The van der Waals surface area contributed by atoms with Gasteiger partial charge in [0.25, 0.3) is 0 Å². The van der Waals surface area contributed by atoms with E-state index in [1.54, 1.807) is 0 Å². The minimum Gasteiger partial charge on any atom is -0.311 e. The van der Waals surface area contributed by atoms with Gasteiger partial charge in [-0.1, -0.05) is 19.3 Å². The van der Waals surface area contributed by atoms with Crippen LogP contribution in [0, 0.1) is 5.92 Å². The maximum atomic E-state index is 11.9. The Kier molecular flexibility index (Phi) is 4.37. The number of nitrogens with zero attached hydrogens (tertiary/aromatic N) is 1. The van der Waals surface area contributed by atoms with Crippen LogP contribution in [0.1, 0.15) is 52.4 Å². The largest absolute Gasteiger partial charge is 0.311 e. The smallest absolute Gasteiger partial charge is 0.152 e. The minimum atomic E-state index is -2.83. The summed E-state index contributed by atoms with van der Waals surface area (Å²) in [5.74, 6) is 1.51. The molecule has 2 aliphatic heterocycles. The second kappa shape index (κ2) is 5.82. The van der Waals surface area contributed by atoms with E-state index in [2.05, 4.69) is 24.1 Å². The summed E-state index contributed by atoms with van der Waals surface area (Å²) in [5.41, 5.74) is -0.146. The highest BCUT2D eigenvalue weighted by Gasteiger charge is 2.46. The first-order chi connectivity index (χ1) is 9.90. The van der Waals surface area contributed by atoms with Crippen molar-refractivity contribution in [1.82, 2.24) is 10.2 Å². The summed E-state index contributed by atoms with van der Waals surface area (Å²) in [6, 6.07) is 0.991. The van der Waals surface area contributed by atoms with Crippen LogP contribution in [0.25, 0.3) is 0 Å². The van der Waals surface area contributed by atoms with Gasteiger partial charge in [0.15, 0.2) is 9.84 Å². The average molecular weight is 314 g/mol. The molecule has 1 aliphatic carbocycles. The van der Waals surface area contributed by atoms with E-state index >= 15 is 0 Å². The summed E-state index contributed by atoms with van der Waals surface area (Å²) in [7, 11) is -2.83. The molecule has 1 saturated carbocycles. The fraction of sp³-hybridized carbons (Fsp3) is 1.00. The van der Waals surface area contributed by atoms with E-state index in [1.165, 1.54) is 32.1 Å². The molecule has 3 atom stereocenters. The Bertz CT molecular complexity index is 473. The van der Waals surface area contributed by atoms with Gasteiger partial charge in [-0.3, -0.25) is 4.90 Å². The van der Waals surface area contributed by atoms with Gasteiger partial charge >= 0.3 is 0 Å². The summed E-state index contributed by atoms with van der Waals surface area (Å²) < 4.78 is 23.9. The standard InChI is InChI=1S/C16H30N2O2S/c1-13-10-17-15(14-6-4-3-5-7-14)11-18(13)16(2)8-9-21(19,20)12-16/h13-15,17H,3-12H2,1-2H3. The first-order valence-electron chi connectivity index (χ1n) is 8.60. The second-order valence-electron chi connectivity index (χ2n) is 7.75. The third kappa shape index (κ3) is 3.30. The lowest BCUT2D eigenvalue weighted by Crippen LogP contribution is -2.64. The molecule has 122 valence electrons. The Morgan fingerprint density at radius 2 is 1.90 bits per heavy atom. The van der Waals surface area contributed by atoms with Crippen molar-refractivity contribution in [2.24, 2.45) is 5.92 Å². The fourth-order valence-corrected chi connectivity index (χ4v) is 6.87. The molecule has 1 N–H and O–H groups in total. The molecule has 3 fully saturated rings. The number of piperazine rings is 1. The zero-order valence-electron chi connectivity index (χ0n) is 13.5. The topological polar surface area (TPSA) is 49.4 Å². The number of rotatable bonds is 2. The highest BCUT2D eigenvalue weighted by molar-refractivity contribution is 7.91. The van der Waals surface area contributed by atoms with E-state index in [-0.39, 0.29) is 5.54 Å². The quantitative estimate of drug-likeness (QED) is 0.844. The lowest BCUT2D eigenvalue weighted by molar-refractivity contribution is 0.0257. The van der Waals surface area contributed by atoms with Crippen LogP contribution < -0.4 is 5.32 Å². The molecule has 0 aromatic carbocycles. The average Bonchev–Trinajstić information content (AvgIpc) is 2.75. The van der Waals surface area contributed by atoms with Crippen molar-refractivity contribution in [3.63, 3.8) is 0 Å². The molecular weight excluding hydrogens is 284 g/mol. The lowest BCUT2D eigenvalue weighted by atomic mass is 9.81. The predicted octanol–water partition coefficient (Wildman–Crippen LogP) is 1.81. The first-order valence-corrected chi connectivity index (χ1v) is 10.4. The highest BCUT2D eigenvalue weighted by atomic mass is 32.2. The Balaban J connectivity index is 1.71. The number of nitrogens with one attached hydrogen (secondary N) is 1. The van der Waals surface area contributed by atoms with E-state index in [1.807, 2.05) is 0 Å². The van der Waals surface area contributed by atoms with E-state index < -0.39 is 9.84 Å². The minimum absolute atomic E-state index is 0.146. The maximum absolute atomic E-state index is 11.9. The van der Waals surface area contributed by atoms with Crippen LogP contribution in [0.4, 0.5) is 0 Å². The van der Waals surface area contributed by atoms with Gasteiger partial charge in [0, 0.05) is 30.7 Å². The molecule has 21 heavy (non-hydrogen) atoms. The molecule has 3 rings (SSSR count). The van der Waals surface area contributed by atoms with Crippen molar-refractivity contribution >= 4 is 9.84 Å². The normalized spacial score (nSPS) is 42.2. The molecule has 0 radical (unpaired) electrons. The molecule has 4 nitrogen and oxygen atoms in total. The Morgan fingerprint density at radius 1 is 1.19 bits per heavy atom. The molecule has 3 unspecified atom stereocenters. The van der Waals surface area contributed by atoms with Gasteiger partial charge < -0.3 is 5.32 Å². The van der Waals surface area contributed by atoms with Gasteiger partial charge in [-0.15, -0.1) is 0 Å². The van der Waals surface area contributed by atoms with Gasteiger partial charge in [-0.25, -0.2) is 8.42 Å². The van der Waals surface area contributed by atoms with Crippen LogP contribution in [0.5, 0.6) is 0 Å². The van der Waals surface area contributed by atoms with E-state index in [0.717, 1.165) is 25.4 Å². The van der Waals surface area contributed by atoms with Crippen molar-refractivity contribution < 1.29 is 8.42 Å². The van der Waals surface area contributed by atoms with E-state index in [9.17, 15) is 8.42 Å². The van der Waals surface area contributed by atoms with Gasteiger partial charge in [0.05, 0.1) is 11.5 Å². The van der Waals surface area contributed by atoms with Crippen LogP contribution in [0.2, 0.25) is 0 Å². The van der Waals surface area contributed by atoms with Crippen LogP contribution in [-0.4, -0.2) is 55.5 Å². The molecule has 2 saturated heterocycles. The molecular formula is C16H30N2O2S. The van der Waals surface area contributed by atoms with Crippen molar-refractivity contribution in [1.29, 1.82) is 0 Å². The molecule has 0 aromatic rings. The van der Waals surface area contributed by atoms with Crippen molar-refractivity contribution in [2.75, 3.05) is 24.6 Å². The Labute approximate surface area is 129 Å². The van der Waals surface area contributed by atoms with Crippen molar-refractivity contribution in [2.45, 2.75) is 70.0 Å². The molecule has 5 heteroatoms. The Hall–Kier alpha value is -0.130. The lowest BCUT2D eigenvalue weighted by Gasteiger charge is -2.49. The highest BCUT2D eigenvalue weighted by Crippen LogP contribution is 2.35. The molecule has 0 aromatic heterocycles. The first kappa shape index (κ1) is 15.8. The number of hydrogen-bond donors (Lipinski definition) is 1. The SMILES string of the molecule is CC1CNC(C2CCCCC2)CN1C1(C)CCS(=O)(=O)C1. The van der Waals surface area contributed by atoms with Crippen LogP contribution in [-0.2, 0) is 9.84 Å². The number of sulfone groups is 1. The van der Waals surface area contributed by atoms with Gasteiger partial charge in [0.2, 0.25) is 0 Å². The van der Waals surface area contributed by atoms with Crippen molar-refractivity contribution in [3.05, 3.63) is 0 Å². The van der Waals surface area contributed by atoms with Crippen LogP contribution >= 0.6 is 0 Å². The van der Waals surface area contributed by atoms with Gasteiger partial charge in [-0.05, 0) is 39.0 Å². The molecule has 0 spiro atoms. The molecule has 0 amide bonds. The third-order valence-electron chi connectivity index (χ3n) is 6.00. The zero-order chi connectivity index (χ0) is 15.1. The second-order valence-corrected chi connectivity index (χ2v) is 9.94. The van der Waals surface area contributed by atoms with Gasteiger partial charge in [-0.2, -0.15) is 0 Å². The van der Waals surface area contributed by atoms with Crippen LogP contribution in [0.15, 0.2) is 0 Å². The predicted molar refractivity (Wildman–Crippen MR) is 86.2 cm³/mol. The van der Waals surface area contributed by atoms with Crippen molar-refractivity contribution in [3.8, 4) is 0 Å². The molecule has 3 aliphatic rings. The van der Waals surface area contributed by atoms with E-state index in [4.69, 9.17) is 0 Å².